The zero-order valence-corrected chi connectivity index (χ0v) is 19.1. The van der Waals surface area contributed by atoms with Gasteiger partial charge in [0.25, 0.3) is 0 Å². The van der Waals surface area contributed by atoms with E-state index in [4.69, 9.17) is 9.47 Å². The molecular weight excluding hydrogens is 431 g/mol. The highest BCUT2D eigenvalue weighted by Crippen LogP contribution is 2.48. The third kappa shape index (κ3) is 5.35. The van der Waals surface area contributed by atoms with Crippen LogP contribution in [0.3, 0.4) is 0 Å². The number of rotatable bonds is 8. The molecule has 7 heteroatoms. The molecule has 1 aliphatic heterocycles. The van der Waals surface area contributed by atoms with Gasteiger partial charge >= 0.3 is 6.18 Å². The number of methoxy groups -OCH3 is 1. The first-order valence-corrected chi connectivity index (χ1v) is 11.8. The van der Waals surface area contributed by atoms with E-state index in [-0.39, 0.29) is 24.2 Å². The van der Waals surface area contributed by atoms with Gasteiger partial charge in [0.05, 0.1) is 37.4 Å². The fraction of sp³-hybridized carbons (Fsp3) is 0.577. The molecule has 0 bridgehead atoms. The van der Waals surface area contributed by atoms with Gasteiger partial charge in [0, 0.05) is 12.1 Å². The van der Waals surface area contributed by atoms with Crippen LogP contribution in [-0.2, 0) is 14.9 Å². The highest BCUT2D eigenvalue weighted by atomic mass is 19.4. The second-order valence-electron chi connectivity index (χ2n) is 9.43. The van der Waals surface area contributed by atoms with Crippen LogP contribution in [0.15, 0.2) is 48.1 Å². The normalized spacial score (nSPS) is 25.3. The molecular formula is C26H32F3NO3. The van der Waals surface area contributed by atoms with Gasteiger partial charge in [0.2, 0.25) is 0 Å². The van der Waals surface area contributed by atoms with Crippen molar-refractivity contribution in [1.29, 1.82) is 0 Å². The number of benzene rings is 1. The number of hydrogen-bond acceptors (Lipinski definition) is 4. The Balaban J connectivity index is 1.31. The minimum atomic E-state index is -4.31. The van der Waals surface area contributed by atoms with Crippen LogP contribution in [0.4, 0.5) is 13.2 Å². The summed E-state index contributed by atoms with van der Waals surface area (Å²) < 4.78 is 49.7. The van der Waals surface area contributed by atoms with Crippen LogP contribution in [0.2, 0.25) is 0 Å². The largest absolute Gasteiger partial charge is 0.496 e. The number of halogens is 3. The summed E-state index contributed by atoms with van der Waals surface area (Å²) in [4.78, 5) is 15.7. The molecule has 0 amide bonds. The molecule has 4 rings (SSSR count). The van der Waals surface area contributed by atoms with E-state index < -0.39 is 17.2 Å². The molecule has 0 radical (unpaired) electrons. The first kappa shape index (κ1) is 24.0. The molecule has 2 aliphatic carbocycles. The standard InChI is InChI=1S/C26H32F3NO3/c1-32-23-8-3-2-7-22(23)25(13-5-14-25)24(31)17-30-15-4-6-19(16-30)18-33-21-11-9-20(10-12-21)26(27,28)29/h2-3,7-11,19,21H,4-6,12-18H2,1H3. The van der Waals surface area contributed by atoms with Gasteiger partial charge in [-0.05, 0) is 50.6 Å². The summed E-state index contributed by atoms with van der Waals surface area (Å²) in [5, 5.41) is 0. The molecule has 2 fully saturated rings. The number of carbonyl (C=O) groups is 1. The molecule has 2 unspecified atom stereocenters. The average molecular weight is 464 g/mol. The number of carbonyl (C=O) groups excluding carboxylic acids is 1. The number of likely N-dealkylation sites (tertiary alicyclic amines) is 1. The molecule has 1 saturated carbocycles. The highest BCUT2D eigenvalue weighted by molar-refractivity contribution is 5.93. The lowest BCUT2D eigenvalue weighted by Gasteiger charge is -2.43. The Morgan fingerprint density at radius 1 is 1.21 bits per heavy atom. The predicted molar refractivity (Wildman–Crippen MR) is 120 cm³/mol. The summed E-state index contributed by atoms with van der Waals surface area (Å²) in [5.74, 6) is 1.30. The van der Waals surface area contributed by atoms with Crippen molar-refractivity contribution < 1.29 is 27.4 Å². The fourth-order valence-corrected chi connectivity index (χ4v) is 5.25. The second kappa shape index (κ2) is 10.0. The monoisotopic (exact) mass is 463 g/mol. The van der Waals surface area contributed by atoms with E-state index in [1.807, 2.05) is 24.3 Å². The SMILES string of the molecule is COc1ccccc1C1(C(=O)CN2CCCC(COC3C=CC(C(F)(F)F)=CC3)C2)CCC1. The molecule has 1 aromatic rings. The molecule has 33 heavy (non-hydrogen) atoms. The lowest BCUT2D eigenvalue weighted by Crippen LogP contribution is -2.49. The highest BCUT2D eigenvalue weighted by Gasteiger charge is 2.47. The van der Waals surface area contributed by atoms with Gasteiger partial charge in [-0.1, -0.05) is 42.8 Å². The van der Waals surface area contributed by atoms with Gasteiger partial charge in [-0.15, -0.1) is 0 Å². The van der Waals surface area contributed by atoms with Gasteiger partial charge in [0.1, 0.15) is 5.75 Å². The Bertz CT molecular complexity index is 904. The van der Waals surface area contributed by atoms with Crippen molar-refractivity contribution >= 4 is 5.78 Å². The number of para-hydroxylation sites is 1. The van der Waals surface area contributed by atoms with E-state index in [0.29, 0.717) is 13.2 Å². The summed E-state index contributed by atoms with van der Waals surface area (Å²) in [7, 11) is 1.64. The summed E-state index contributed by atoms with van der Waals surface area (Å²) >= 11 is 0. The summed E-state index contributed by atoms with van der Waals surface area (Å²) in [6.07, 6.45) is 4.16. The van der Waals surface area contributed by atoms with Crippen LogP contribution in [0.25, 0.3) is 0 Å². The van der Waals surface area contributed by atoms with Crippen LogP contribution in [0.1, 0.15) is 44.1 Å². The van der Waals surface area contributed by atoms with E-state index in [1.54, 1.807) is 7.11 Å². The Kier molecular flexibility index (Phi) is 7.29. The predicted octanol–water partition coefficient (Wildman–Crippen LogP) is 5.23. The maximum atomic E-state index is 13.5. The maximum Gasteiger partial charge on any atom is 0.416 e. The van der Waals surface area contributed by atoms with Crippen LogP contribution in [0, 0.1) is 5.92 Å². The maximum absolute atomic E-state index is 13.5. The van der Waals surface area contributed by atoms with Crippen molar-refractivity contribution in [2.45, 2.75) is 56.2 Å². The van der Waals surface area contributed by atoms with E-state index in [1.165, 1.54) is 12.2 Å². The topological polar surface area (TPSA) is 38.8 Å². The van der Waals surface area contributed by atoms with Gasteiger partial charge < -0.3 is 9.47 Å². The summed E-state index contributed by atoms with van der Waals surface area (Å²) in [5.41, 5.74) is -0.0634. The molecule has 180 valence electrons. The van der Waals surface area contributed by atoms with Crippen molar-refractivity contribution in [3.8, 4) is 5.75 Å². The number of hydrogen-bond donors (Lipinski definition) is 0. The zero-order chi connectivity index (χ0) is 23.5. The average Bonchev–Trinajstić information content (AvgIpc) is 2.77. The van der Waals surface area contributed by atoms with Crippen LogP contribution in [-0.4, -0.2) is 56.3 Å². The molecule has 1 heterocycles. The number of allylic oxidation sites excluding steroid dienone is 2. The Labute approximate surface area is 193 Å². The molecule has 2 atom stereocenters. The third-order valence-corrected chi connectivity index (χ3v) is 7.27. The third-order valence-electron chi connectivity index (χ3n) is 7.27. The fourth-order valence-electron chi connectivity index (χ4n) is 5.25. The van der Waals surface area contributed by atoms with Gasteiger partial charge in [-0.2, -0.15) is 13.2 Å². The van der Waals surface area contributed by atoms with E-state index in [2.05, 4.69) is 4.90 Å². The molecule has 0 aromatic heterocycles. The van der Waals surface area contributed by atoms with E-state index in [9.17, 15) is 18.0 Å². The van der Waals surface area contributed by atoms with Crippen molar-refractivity contribution in [2.75, 3.05) is 33.4 Å². The number of nitrogens with zero attached hydrogens (tertiary/aromatic N) is 1. The summed E-state index contributed by atoms with van der Waals surface area (Å²) in [6.45, 7) is 2.56. The second-order valence-corrected chi connectivity index (χ2v) is 9.43. The van der Waals surface area contributed by atoms with Crippen molar-refractivity contribution in [1.82, 2.24) is 4.90 Å². The first-order chi connectivity index (χ1) is 15.8. The zero-order valence-electron chi connectivity index (χ0n) is 19.1. The van der Waals surface area contributed by atoms with Crippen molar-refractivity contribution in [3.05, 3.63) is 53.6 Å². The summed E-state index contributed by atoms with van der Waals surface area (Å²) in [6, 6.07) is 7.82. The number of piperidine rings is 1. The first-order valence-electron chi connectivity index (χ1n) is 11.8. The van der Waals surface area contributed by atoms with E-state index >= 15 is 0 Å². The molecule has 0 N–H and O–H groups in total. The molecule has 1 aromatic carbocycles. The van der Waals surface area contributed by atoms with Gasteiger partial charge in [-0.3, -0.25) is 9.69 Å². The lowest BCUT2D eigenvalue weighted by molar-refractivity contribution is -0.129. The minimum Gasteiger partial charge on any atom is -0.496 e. The number of ether oxygens (including phenoxy) is 2. The Hall–Kier alpha value is -2.12. The minimum absolute atomic E-state index is 0.238. The molecule has 4 nitrogen and oxygen atoms in total. The van der Waals surface area contributed by atoms with Crippen LogP contribution < -0.4 is 4.74 Å². The van der Waals surface area contributed by atoms with Gasteiger partial charge in [-0.25, -0.2) is 0 Å². The Morgan fingerprint density at radius 3 is 2.64 bits per heavy atom. The van der Waals surface area contributed by atoms with Gasteiger partial charge in [0.15, 0.2) is 5.78 Å². The molecule has 1 saturated heterocycles. The van der Waals surface area contributed by atoms with Crippen LogP contribution >= 0.6 is 0 Å². The van der Waals surface area contributed by atoms with Crippen molar-refractivity contribution in [3.63, 3.8) is 0 Å². The number of Topliss-reactive ketones (excluding diaryl/α,β-unsaturated/α-hetero) is 1. The number of alkyl halides is 3. The van der Waals surface area contributed by atoms with E-state index in [0.717, 1.165) is 62.6 Å². The van der Waals surface area contributed by atoms with Crippen molar-refractivity contribution in [2.24, 2.45) is 5.92 Å². The molecule has 3 aliphatic rings. The molecule has 0 spiro atoms. The number of ketones is 1. The lowest BCUT2D eigenvalue weighted by atomic mass is 9.61. The Morgan fingerprint density at radius 2 is 2.00 bits per heavy atom. The smallest absolute Gasteiger partial charge is 0.416 e. The van der Waals surface area contributed by atoms with Crippen LogP contribution in [0.5, 0.6) is 5.75 Å². The quantitative estimate of drug-likeness (QED) is 0.529.